The Morgan fingerprint density at radius 2 is 2.05 bits per heavy atom. The molecule has 1 fully saturated rings. The van der Waals surface area contributed by atoms with Gasteiger partial charge < -0.3 is 9.80 Å². The summed E-state index contributed by atoms with van der Waals surface area (Å²) in [6, 6.07) is 1.83. The SMILES string of the molecule is CN1CCN(c2nc3ncc(Br)cc3n3c(=O)[nH]nc23)CC1. The summed E-state index contributed by atoms with van der Waals surface area (Å²) in [6.07, 6.45) is 1.68. The number of hydrogen-bond acceptors (Lipinski definition) is 6. The predicted molar refractivity (Wildman–Crippen MR) is 86.3 cm³/mol. The van der Waals surface area contributed by atoms with E-state index < -0.39 is 0 Å². The molecule has 22 heavy (non-hydrogen) atoms. The molecule has 1 N–H and O–H groups in total. The third-order valence-electron chi connectivity index (χ3n) is 3.94. The van der Waals surface area contributed by atoms with Crippen LogP contribution in [-0.4, -0.2) is 62.7 Å². The molecule has 4 rings (SSSR count). The molecule has 0 saturated carbocycles. The van der Waals surface area contributed by atoms with Crippen LogP contribution in [-0.2, 0) is 0 Å². The summed E-state index contributed by atoms with van der Waals surface area (Å²) >= 11 is 3.38. The summed E-state index contributed by atoms with van der Waals surface area (Å²) in [7, 11) is 2.10. The maximum atomic E-state index is 12.1. The zero-order valence-corrected chi connectivity index (χ0v) is 13.5. The van der Waals surface area contributed by atoms with Gasteiger partial charge in [0, 0.05) is 36.8 Å². The number of fused-ring (bicyclic) bond motifs is 3. The number of likely N-dealkylation sites (N-methyl/N-ethyl adjacent to an activating group) is 1. The van der Waals surface area contributed by atoms with Crippen molar-refractivity contribution >= 4 is 38.6 Å². The highest BCUT2D eigenvalue weighted by atomic mass is 79.9. The van der Waals surface area contributed by atoms with Gasteiger partial charge in [-0.1, -0.05) is 0 Å². The van der Waals surface area contributed by atoms with Crippen molar-refractivity contribution in [1.29, 1.82) is 0 Å². The summed E-state index contributed by atoms with van der Waals surface area (Å²) < 4.78 is 2.33. The third-order valence-corrected chi connectivity index (χ3v) is 4.38. The Labute approximate surface area is 133 Å². The van der Waals surface area contributed by atoms with Gasteiger partial charge in [0.05, 0.1) is 5.52 Å². The van der Waals surface area contributed by atoms with Crippen molar-refractivity contribution in [2.45, 2.75) is 0 Å². The van der Waals surface area contributed by atoms with Crippen LogP contribution >= 0.6 is 15.9 Å². The lowest BCUT2D eigenvalue weighted by atomic mass is 10.3. The molecule has 0 spiro atoms. The molecule has 1 saturated heterocycles. The maximum Gasteiger partial charge on any atom is 0.348 e. The monoisotopic (exact) mass is 363 g/mol. The number of aromatic amines is 1. The second kappa shape index (κ2) is 5.03. The molecule has 0 aliphatic carbocycles. The fourth-order valence-corrected chi connectivity index (χ4v) is 3.04. The topological polar surface area (TPSA) is 82.4 Å². The standard InChI is InChI=1S/C13H14BrN7O/c1-19-2-4-20(5-3-19)11-12-17-18-13(22)21(12)9-6-8(14)7-15-10(9)16-11/h6-7H,2-5H2,1H3,(H,18,22). The van der Waals surface area contributed by atoms with E-state index in [-0.39, 0.29) is 5.69 Å². The zero-order chi connectivity index (χ0) is 15.3. The van der Waals surface area contributed by atoms with Crippen molar-refractivity contribution in [2.24, 2.45) is 0 Å². The Kier molecular flexibility index (Phi) is 3.12. The van der Waals surface area contributed by atoms with Crippen molar-refractivity contribution in [3.8, 4) is 0 Å². The highest BCUT2D eigenvalue weighted by Crippen LogP contribution is 2.23. The second-order valence-corrected chi connectivity index (χ2v) is 6.33. The Bertz CT molecular complexity index is 910. The quantitative estimate of drug-likeness (QED) is 0.677. The Balaban J connectivity index is 1.98. The number of piperazine rings is 1. The van der Waals surface area contributed by atoms with Gasteiger partial charge in [-0.15, -0.1) is 5.10 Å². The van der Waals surface area contributed by atoms with E-state index >= 15 is 0 Å². The van der Waals surface area contributed by atoms with Crippen LogP contribution in [0.4, 0.5) is 5.82 Å². The smallest absolute Gasteiger partial charge is 0.348 e. The number of nitrogens with zero attached hydrogens (tertiary/aromatic N) is 6. The molecule has 4 heterocycles. The average molecular weight is 364 g/mol. The lowest BCUT2D eigenvalue weighted by molar-refractivity contribution is 0.312. The van der Waals surface area contributed by atoms with Gasteiger partial charge in [-0.2, -0.15) is 0 Å². The van der Waals surface area contributed by atoms with E-state index in [0.717, 1.165) is 30.7 Å². The highest BCUT2D eigenvalue weighted by molar-refractivity contribution is 9.10. The van der Waals surface area contributed by atoms with E-state index in [0.29, 0.717) is 22.6 Å². The minimum Gasteiger partial charge on any atom is -0.351 e. The molecule has 0 bridgehead atoms. The van der Waals surface area contributed by atoms with Crippen LogP contribution in [0.1, 0.15) is 0 Å². The van der Waals surface area contributed by atoms with Crippen LogP contribution in [0, 0.1) is 0 Å². The minimum absolute atomic E-state index is 0.280. The van der Waals surface area contributed by atoms with Crippen molar-refractivity contribution in [3.05, 3.63) is 27.2 Å². The molecular formula is C13H14BrN7O. The average Bonchev–Trinajstić information content (AvgIpc) is 2.90. The van der Waals surface area contributed by atoms with Gasteiger partial charge in [0.1, 0.15) is 0 Å². The third kappa shape index (κ3) is 2.08. The van der Waals surface area contributed by atoms with Crippen LogP contribution in [0.15, 0.2) is 21.5 Å². The maximum absolute atomic E-state index is 12.1. The molecule has 0 amide bonds. The molecule has 114 valence electrons. The molecule has 0 atom stereocenters. The first-order valence-corrected chi connectivity index (χ1v) is 7.78. The van der Waals surface area contributed by atoms with Crippen molar-refractivity contribution in [2.75, 3.05) is 38.1 Å². The van der Waals surface area contributed by atoms with Gasteiger partial charge in [0.2, 0.25) is 5.65 Å². The van der Waals surface area contributed by atoms with E-state index in [1.807, 2.05) is 6.07 Å². The lowest BCUT2D eigenvalue weighted by Gasteiger charge is -2.33. The van der Waals surface area contributed by atoms with Gasteiger partial charge >= 0.3 is 5.69 Å². The molecular weight excluding hydrogens is 350 g/mol. The minimum atomic E-state index is -0.280. The molecule has 0 radical (unpaired) electrons. The van der Waals surface area contributed by atoms with Gasteiger partial charge in [0.15, 0.2) is 11.5 Å². The van der Waals surface area contributed by atoms with Crippen LogP contribution in [0.5, 0.6) is 0 Å². The first kappa shape index (κ1) is 13.6. The largest absolute Gasteiger partial charge is 0.351 e. The summed E-state index contributed by atoms with van der Waals surface area (Å²) in [5, 5.41) is 6.67. The van der Waals surface area contributed by atoms with Crippen LogP contribution < -0.4 is 10.6 Å². The number of anilines is 1. The van der Waals surface area contributed by atoms with Crippen LogP contribution in [0.3, 0.4) is 0 Å². The Morgan fingerprint density at radius 3 is 2.82 bits per heavy atom. The fourth-order valence-electron chi connectivity index (χ4n) is 2.72. The van der Waals surface area contributed by atoms with Gasteiger partial charge in [0.25, 0.3) is 0 Å². The summed E-state index contributed by atoms with van der Waals surface area (Å²) in [5.41, 5.74) is 1.44. The fraction of sp³-hybridized carbons (Fsp3) is 0.385. The van der Waals surface area contributed by atoms with Crippen molar-refractivity contribution in [3.63, 3.8) is 0 Å². The van der Waals surface area contributed by atoms with Crippen LogP contribution in [0.2, 0.25) is 0 Å². The number of aromatic nitrogens is 5. The van der Waals surface area contributed by atoms with Crippen LogP contribution in [0.25, 0.3) is 16.8 Å². The molecule has 1 aliphatic heterocycles. The first-order valence-electron chi connectivity index (χ1n) is 6.99. The van der Waals surface area contributed by atoms with E-state index in [1.165, 1.54) is 4.40 Å². The molecule has 9 heteroatoms. The van der Waals surface area contributed by atoms with E-state index in [1.54, 1.807) is 6.20 Å². The number of pyridine rings is 1. The second-order valence-electron chi connectivity index (χ2n) is 5.41. The lowest BCUT2D eigenvalue weighted by Crippen LogP contribution is -2.45. The van der Waals surface area contributed by atoms with Crippen molar-refractivity contribution < 1.29 is 0 Å². The van der Waals surface area contributed by atoms with E-state index in [2.05, 4.69) is 52.9 Å². The number of nitrogens with one attached hydrogen (secondary N) is 1. The molecule has 1 aliphatic rings. The molecule has 3 aromatic rings. The van der Waals surface area contributed by atoms with E-state index in [9.17, 15) is 4.79 Å². The zero-order valence-electron chi connectivity index (χ0n) is 12.0. The summed E-state index contributed by atoms with van der Waals surface area (Å²) in [6.45, 7) is 3.60. The van der Waals surface area contributed by atoms with Gasteiger partial charge in [-0.3, -0.25) is 0 Å². The summed E-state index contributed by atoms with van der Waals surface area (Å²) in [4.78, 5) is 25.5. The molecule has 8 nitrogen and oxygen atoms in total. The first-order chi connectivity index (χ1) is 10.6. The highest BCUT2D eigenvalue weighted by Gasteiger charge is 2.21. The summed E-state index contributed by atoms with van der Waals surface area (Å²) in [5.74, 6) is 0.703. The van der Waals surface area contributed by atoms with E-state index in [4.69, 9.17) is 0 Å². The molecule has 0 aromatic carbocycles. The Morgan fingerprint density at radius 1 is 1.27 bits per heavy atom. The Hall–Kier alpha value is -2.00. The number of H-pyrrole nitrogens is 1. The van der Waals surface area contributed by atoms with Gasteiger partial charge in [-0.25, -0.2) is 24.3 Å². The normalized spacial score (nSPS) is 16.7. The number of halogens is 1. The predicted octanol–water partition coefficient (Wildman–Crippen LogP) is 0.480. The molecule has 0 unspecified atom stereocenters. The number of rotatable bonds is 1. The van der Waals surface area contributed by atoms with Crippen molar-refractivity contribution in [1.82, 2.24) is 29.5 Å². The molecule has 3 aromatic heterocycles. The number of hydrogen-bond donors (Lipinski definition) is 1. The van der Waals surface area contributed by atoms with Gasteiger partial charge in [-0.05, 0) is 29.0 Å².